The van der Waals surface area contributed by atoms with Crippen LogP contribution in [0.4, 0.5) is 0 Å². The van der Waals surface area contributed by atoms with Crippen LogP contribution in [0.1, 0.15) is 28.1 Å². The second-order valence-electron chi connectivity index (χ2n) is 7.15. The van der Waals surface area contributed by atoms with Crippen LogP contribution < -0.4 is 5.73 Å². The molecule has 0 fully saturated rings. The van der Waals surface area contributed by atoms with Crippen LogP contribution >= 0.6 is 0 Å². The number of amidine groups is 1. The lowest BCUT2D eigenvalue weighted by atomic mass is 10.1. The molecule has 30 heavy (non-hydrogen) atoms. The Morgan fingerprint density at radius 3 is 2.57 bits per heavy atom. The third-order valence-electron chi connectivity index (χ3n) is 4.76. The van der Waals surface area contributed by atoms with Crippen molar-refractivity contribution in [3.8, 4) is 5.69 Å². The molecule has 0 aliphatic carbocycles. The zero-order valence-electron chi connectivity index (χ0n) is 17.1. The zero-order valence-corrected chi connectivity index (χ0v) is 17.1. The number of nitrogens with two attached hydrogens (primary N) is 1. The molecule has 2 aromatic carbocycles. The van der Waals surface area contributed by atoms with Crippen LogP contribution in [0.5, 0.6) is 0 Å². The van der Waals surface area contributed by atoms with Crippen molar-refractivity contribution in [3.63, 3.8) is 0 Å². The highest BCUT2D eigenvalue weighted by atomic mass is 16.6. The minimum absolute atomic E-state index is 0.339. The average Bonchev–Trinajstić information content (AvgIpc) is 3.39. The average molecular weight is 400 g/mol. The maximum absolute atomic E-state index is 6.13. The molecular weight excluding hydrogens is 376 g/mol. The van der Waals surface area contributed by atoms with Crippen LogP contribution in [0, 0.1) is 13.8 Å². The molecule has 0 unspecified atom stereocenters. The van der Waals surface area contributed by atoms with Crippen LogP contribution in [-0.2, 0) is 18.0 Å². The van der Waals surface area contributed by atoms with Crippen molar-refractivity contribution < 1.29 is 4.84 Å². The Hall–Kier alpha value is -3.87. The van der Waals surface area contributed by atoms with E-state index < -0.39 is 0 Å². The fourth-order valence-electron chi connectivity index (χ4n) is 3.23. The highest BCUT2D eigenvalue weighted by Crippen LogP contribution is 2.12. The molecule has 152 valence electrons. The van der Waals surface area contributed by atoms with Gasteiger partial charge in [-0.25, -0.2) is 4.68 Å². The predicted molar refractivity (Wildman–Crippen MR) is 116 cm³/mol. The first-order chi connectivity index (χ1) is 14.6. The SMILES string of the molecule is Cc1cc(C)n(Cc2cccc(/C(N)=N/OCc3ccc(-n4cccn4)cc3)c2)n1. The number of oxime groups is 1. The molecule has 2 aromatic heterocycles. The van der Waals surface area contributed by atoms with Gasteiger partial charge in [-0.3, -0.25) is 4.68 Å². The van der Waals surface area contributed by atoms with E-state index >= 15 is 0 Å². The molecule has 0 saturated carbocycles. The van der Waals surface area contributed by atoms with Gasteiger partial charge in [0.05, 0.1) is 17.9 Å². The second kappa shape index (κ2) is 8.65. The Morgan fingerprint density at radius 2 is 1.87 bits per heavy atom. The summed E-state index contributed by atoms with van der Waals surface area (Å²) in [6, 6.07) is 19.8. The highest BCUT2D eigenvalue weighted by Gasteiger charge is 2.05. The lowest BCUT2D eigenvalue weighted by Crippen LogP contribution is -2.14. The Labute approximate surface area is 175 Å². The summed E-state index contributed by atoms with van der Waals surface area (Å²) in [5.74, 6) is 0.346. The first-order valence-corrected chi connectivity index (χ1v) is 9.73. The molecule has 0 amide bonds. The van der Waals surface area contributed by atoms with E-state index in [4.69, 9.17) is 10.6 Å². The van der Waals surface area contributed by atoms with E-state index in [0.29, 0.717) is 19.0 Å². The Kier molecular flexibility index (Phi) is 5.61. The summed E-state index contributed by atoms with van der Waals surface area (Å²) in [7, 11) is 0. The molecule has 4 rings (SSSR count). The van der Waals surface area contributed by atoms with Crippen molar-refractivity contribution in [1.29, 1.82) is 0 Å². The molecule has 2 N–H and O–H groups in total. The number of aromatic nitrogens is 4. The van der Waals surface area contributed by atoms with E-state index in [1.165, 1.54) is 0 Å². The summed E-state index contributed by atoms with van der Waals surface area (Å²) in [5.41, 5.74) is 12.2. The van der Waals surface area contributed by atoms with Gasteiger partial charge in [0.1, 0.15) is 6.61 Å². The van der Waals surface area contributed by atoms with Gasteiger partial charge in [0, 0.05) is 23.7 Å². The van der Waals surface area contributed by atoms with Crippen LogP contribution in [0.15, 0.2) is 78.2 Å². The van der Waals surface area contributed by atoms with Crippen molar-refractivity contribution >= 4 is 5.84 Å². The molecule has 0 radical (unpaired) electrons. The number of benzene rings is 2. The van der Waals surface area contributed by atoms with Gasteiger partial charge in [0.25, 0.3) is 0 Å². The van der Waals surface area contributed by atoms with E-state index in [0.717, 1.165) is 33.8 Å². The van der Waals surface area contributed by atoms with Gasteiger partial charge in [0.2, 0.25) is 0 Å². The number of nitrogens with zero attached hydrogens (tertiary/aromatic N) is 5. The van der Waals surface area contributed by atoms with Crippen molar-refractivity contribution in [3.05, 3.63) is 101 Å². The summed E-state index contributed by atoms with van der Waals surface area (Å²) < 4.78 is 3.78. The molecule has 7 nitrogen and oxygen atoms in total. The van der Waals surface area contributed by atoms with Crippen LogP contribution in [-0.4, -0.2) is 25.4 Å². The molecule has 0 aliphatic heterocycles. The maximum atomic E-state index is 6.13. The van der Waals surface area contributed by atoms with Gasteiger partial charge < -0.3 is 10.6 Å². The highest BCUT2D eigenvalue weighted by molar-refractivity contribution is 5.97. The monoisotopic (exact) mass is 400 g/mol. The fraction of sp³-hybridized carbons (Fsp3) is 0.174. The zero-order chi connectivity index (χ0) is 20.9. The fourth-order valence-corrected chi connectivity index (χ4v) is 3.23. The summed E-state index contributed by atoms with van der Waals surface area (Å²) in [6.45, 7) is 5.07. The normalized spacial score (nSPS) is 11.6. The molecule has 2 heterocycles. The molecule has 7 heteroatoms. The second-order valence-corrected chi connectivity index (χ2v) is 7.15. The van der Waals surface area contributed by atoms with Crippen molar-refractivity contribution in [2.24, 2.45) is 10.9 Å². The summed E-state index contributed by atoms with van der Waals surface area (Å²) in [6.07, 6.45) is 3.65. The van der Waals surface area contributed by atoms with Crippen molar-refractivity contribution in [2.45, 2.75) is 27.0 Å². The number of hydrogen-bond acceptors (Lipinski definition) is 4. The standard InChI is InChI=1S/C23H24N6O/c1-17-13-18(2)29(26-17)15-20-5-3-6-21(14-20)23(24)27-30-16-19-7-9-22(10-8-19)28-12-4-11-25-28/h3-14H,15-16H2,1-2H3,(H2,24,27). The first-order valence-electron chi connectivity index (χ1n) is 9.73. The van der Waals surface area contributed by atoms with Gasteiger partial charge in [-0.15, -0.1) is 0 Å². The van der Waals surface area contributed by atoms with Crippen LogP contribution in [0.3, 0.4) is 0 Å². The molecule has 0 spiro atoms. The minimum atomic E-state index is 0.339. The quantitative estimate of drug-likeness (QED) is 0.292. The van der Waals surface area contributed by atoms with Crippen molar-refractivity contribution in [2.75, 3.05) is 0 Å². The van der Waals surface area contributed by atoms with Gasteiger partial charge >= 0.3 is 0 Å². The largest absolute Gasteiger partial charge is 0.389 e. The van der Waals surface area contributed by atoms with Crippen LogP contribution in [0.25, 0.3) is 5.69 Å². The summed E-state index contributed by atoms with van der Waals surface area (Å²) >= 11 is 0. The predicted octanol–water partition coefficient (Wildman–Crippen LogP) is 3.57. The third-order valence-corrected chi connectivity index (χ3v) is 4.76. The van der Waals surface area contributed by atoms with Gasteiger partial charge in [-0.2, -0.15) is 10.2 Å². The smallest absolute Gasteiger partial charge is 0.170 e. The maximum Gasteiger partial charge on any atom is 0.170 e. The third kappa shape index (κ3) is 4.57. The Morgan fingerprint density at radius 1 is 1.03 bits per heavy atom. The Balaban J connectivity index is 1.38. The lowest BCUT2D eigenvalue weighted by Gasteiger charge is -2.08. The number of rotatable bonds is 7. The van der Waals surface area contributed by atoms with E-state index in [1.54, 1.807) is 10.9 Å². The molecule has 0 atom stereocenters. The van der Waals surface area contributed by atoms with E-state index in [-0.39, 0.29) is 0 Å². The molecule has 0 bridgehead atoms. The number of hydrogen-bond donors (Lipinski definition) is 1. The minimum Gasteiger partial charge on any atom is -0.389 e. The van der Waals surface area contributed by atoms with E-state index in [9.17, 15) is 0 Å². The topological polar surface area (TPSA) is 83.3 Å². The molecular formula is C23H24N6O. The van der Waals surface area contributed by atoms with Gasteiger partial charge in [-0.1, -0.05) is 35.5 Å². The molecule has 0 aliphatic rings. The van der Waals surface area contributed by atoms with Crippen LogP contribution in [0.2, 0.25) is 0 Å². The molecule has 4 aromatic rings. The lowest BCUT2D eigenvalue weighted by molar-refractivity contribution is 0.130. The van der Waals surface area contributed by atoms with Gasteiger partial charge in [-0.05, 0) is 55.3 Å². The van der Waals surface area contributed by atoms with Crippen molar-refractivity contribution in [1.82, 2.24) is 19.6 Å². The summed E-state index contributed by atoms with van der Waals surface area (Å²) in [5, 5.41) is 12.8. The first kappa shape index (κ1) is 19.4. The van der Waals surface area contributed by atoms with E-state index in [1.807, 2.05) is 66.3 Å². The summed E-state index contributed by atoms with van der Waals surface area (Å²) in [4.78, 5) is 5.47. The van der Waals surface area contributed by atoms with Gasteiger partial charge in [0.15, 0.2) is 5.84 Å². The Bertz CT molecular complexity index is 1140. The number of aryl methyl sites for hydroxylation is 2. The molecule has 0 saturated heterocycles. The van der Waals surface area contributed by atoms with E-state index in [2.05, 4.69) is 34.4 Å².